The summed E-state index contributed by atoms with van der Waals surface area (Å²) >= 11 is 12.8. The van der Waals surface area contributed by atoms with Crippen LogP contribution in [0.25, 0.3) is 0 Å². The minimum atomic E-state index is -3.56. The van der Waals surface area contributed by atoms with Crippen LogP contribution in [0.4, 0.5) is 0 Å². The first-order valence-electron chi connectivity index (χ1n) is 6.25. The molecule has 9 heteroatoms. The van der Waals surface area contributed by atoms with Crippen molar-refractivity contribution >= 4 is 44.6 Å². The monoisotopic (exact) mass is 357 g/mol. The maximum atomic E-state index is 12.4. The lowest BCUT2D eigenvalue weighted by Crippen LogP contribution is -2.46. The standard InChI is InChI=1S/C11H17Cl2N3O2S2/c1-15(6-7-16-4-2-14-3-5-16)20(17,18)9-8-10(12)19-11(9)13/h8,14H,2-7H2,1H3. The van der Waals surface area contributed by atoms with Gasteiger partial charge in [-0.15, -0.1) is 11.3 Å². The molecule has 114 valence electrons. The van der Waals surface area contributed by atoms with Gasteiger partial charge in [0.25, 0.3) is 0 Å². The van der Waals surface area contributed by atoms with Crippen LogP contribution >= 0.6 is 34.5 Å². The number of sulfonamides is 1. The van der Waals surface area contributed by atoms with Crippen LogP contribution in [0.1, 0.15) is 0 Å². The Morgan fingerprint density at radius 1 is 1.40 bits per heavy atom. The molecule has 1 aromatic rings. The van der Waals surface area contributed by atoms with Crippen LogP contribution in [-0.2, 0) is 10.0 Å². The lowest BCUT2D eigenvalue weighted by atomic mass is 10.3. The zero-order chi connectivity index (χ0) is 14.8. The summed E-state index contributed by atoms with van der Waals surface area (Å²) in [7, 11) is -2.00. The van der Waals surface area contributed by atoms with Crippen LogP contribution < -0.4 is 5.32 Å². The molecule has 5 nitrogen and oxygen atoms in total. The fourth-order valence-corrected chi connectivity index (χ4v) is 5.28. The largest absolute Gasteiger partial charge is 0.314 e. The number of thiophene rings is 1. The topological polar surface area (TPSA) is 52.6 Å². The fraction of sp³-hybridized carbons (Fsp3) is 0.636. The number of hydrogen-bond acceptors (Lipinski definition) is 5. The third kappa shape index (κ3) is 3.85. The molecule has 1 N–H and O–H groups in total. The molecule has 0 atom stereocenters. The first kappa shape index (κ1) is 16.5. The van der Waals surface area contributed by atoms with Crippen molar-refractivity contribution in [2.45, 2.75) is 4.90 Å². The summed E-state index contributed by atoms with van der Waals surface area (Å²) in [4.78, 5) is 2.34. The molecular formula is C11H17Cl2N3O2S2. The highest BCUT2D eigenvalue weighted by Gasteiger charge is 2.26. The third-order valence-electron chi connectivity index (χ3n) is 3.25. The van der Waals surface area contributed by atoms with Gasteiger partial charge < -0.3 is 5.32 Å². The molecule has 2 heterocycles. The van der Waals surface area contributed by atoms with Crippen molar-refractivity contribution in [3.8, 4) is 0 Å². The molecule has 0 spiro atoms. The summed E-state index contributed by atoms with van der Waals surface area (Å²) in [6, 6.07) is 1.41. The van der Waals surface area contributed by atoms with Gasteiger partial charge in [0.1, 0.15) is 9.23 Å². The Hall–Kier alpha value is 0.110. The van der Waals surface area contributed by atoms with Gasteiger partial charge in [-0.2, -0.15) is 4.31 Å². The highest BCUT2D eigenvalue weighted by molar-refractivity contribution is 7.89. The number of hydrogen-bond donors (Lipinski definition) is 1. The predicted octanol–water partition coefficient (Wildman–Crippen LogP) is 1.58. The maximum absolute atomic E-state index is 12.4. The van der Waals surface area contributed by atoms with Crippen molar-refractivity contribution in [2.24, 2.45) is 0 Å². The molecular weight excluding hydrogens is 341 g/mol. The zero-order valence-corrected chi connectivity index (χ0v) is 14.2. The summed E-state index contributed by atoms with van der Waals surface area (Å²) in [5.74, 6) is 0. The van der Waals surface area contributed by atoms with Crippen molar-refractivity contribution in [3.05, 3.63) is 14.7 Å². The Morgan fingerprint density at radius 2 is 2.05 bits per heavy atom. The van der Waals surface area contributed by atoms with Crippen molar-refractivity contribution in [1.29, 1.82) is 0 Å². The average Bonchev–Trinajstić information content (AvgIpc) is 2.77. The van der Waals surface area contributed by atoms with Crippen molar-refractivity contribution in [2.75, 3.05) is 46.3 Å². The summed E-state index contributed by atoms with van der Waals surface area (Å²) in [6.45, 7) is 4.93. The highest BCUT2D eigenvalue weighted by atomic mass is 35.5. The molecule has 1 aromatic heterocycles. The Labute approximate surface area is 133 Å². The fourth-order valence-electron chi connectivity index (χ4n) is 2.01. The van der Waals surface area contributed by atoms with E-state index < -0.39 is 10.0 Å². The molecule has 2 rings (SSSR count). The Balaban J connectivity index is 2.00. The number of nitrogens with one attached hydrogen (secondary N) is 1. The Morgan fingerprint density at radius 3 is 2.60 bits per heavy atom. The number of likely N-dealkylation sites (N-methyl/N-ethyl adjacent to an activating group) is 1. The van der Waals surface area contributed by atoms with Crippen LogP contribution in [-0.4, -0.2) is 63.9 Å². The van der Waals surface area contributed by atoms with Crippen LogP contribution in [0.2, 0.25) is 8.67 Å². The van der Waals surface area contributed by atoms with Gasteiger partial charge in [0, 0.05) is 46.3 Å². The minimum Gasteiger partial charge on any atom is -0.314 e. The van der Waals surface area contributed by atoms with E-state index in [2.05, 4.69) is 10.2 Å². The molecule has 1 aliphatic heterocycles. The first-order valence-corrected chi connectivity index (χ1v) is 9.27. The van der Waals surface area contributed by atoms with E-state index in [4.69, 9.17) is 23.2 Å². The summed E-state index contributed by atoms with van der Waals surface area (Å²) in [5, 5.41) is 3.26. The number of nitrogens with zero attached hydrogens (tertiary/aromatic N) is 2. The van der Waals surface area contributed by atoms with E-state index in [1.165, 1.54) is 10.4 Å². The van der Waals surface area contributed by atoms with E-state index in [-0.39, 0.29) is 9.23 Å². The molecule has 1 fully saturated rings. The second kappa shape index (κ2) is 6.91. The molecule has 1 saturated heterocycles. The number of halogens is 2. The summed E-state index contributed by atoms with van der Waals surface area (Å²) in [6.07, 6.45) is 0. The van der Waals surface area contributed by atoms with Gasteiger partial charge in [-0.1, -0.05) is 23.2 Å². The predicted molar refractivity (Wildman–Crippen MR) is 83.5 cm³/mol. The first-order chi connectivity index (χ1) is 9.41. The quantitative estimate of drug-likeness (QED) is 0.869. The molecule has 0 aromatic carbocycles. The summed E-state index contributed by atoms with van der Waals surface area (Å²) < 4.78 is 26.7. The number of piperazine rings is 1. The second-order valence-electron chi connectivity index (χ2n) is 4.61. The van der Waals surface area contributed by atoms with E-state index in [1.54, 1.807) is 7.05 Å². The van der Waals surface area contributed by atoms with E-state index in [1.807, 2.05) is 0 Å². The molecule has 0 aliphatic carbocycles. The SMILES string of the molecule is CN(CCN1CCNCC1)S(=O)(=O)c1cc(Cl)sc1Cl. The zero-order valence-electron chi connectivity index (χ0n) is 11.1. The smallest absolute Gasteiger partial charge is 0.245 e. The van der Waals surface area contributed by atoms with E-state index in [9.17, 15) is 8.42 Å². The van der Waals surface area contributed by atoms with Gasteiger partial charge in [-0.05, 0) is 6.07 Å². The van der Waals surface area contributed by atoms with E-state index in [0.29, 0.717) is 17.4 Å². The van der Waals surface area contributed by atoms with Crippen molar-refractivity contribution < 1.29 is 8.42 Å². The normalized spacial score (nSPS) is 17.8. The van der Waals surface area contributed by atoms with Crippen LogP contribution in [0.3, 0.4) is 0 Å². The van der Waals surface area contributed by atoms with Gasteiger partial charge in [0.05, 0.1) is 4.34 Å². The molecule has 1 aliphatic rings. The average molecular weight is 358 g/mol. The Bertz CT molecular complexity index is 556. The highest BCUT2D eigenvalue weighted by Crippen LogP contribution is 2.35. The lowest BCUT2D eigenvalue weighted by molar-refractivity contribution is 0.229. The van der Waals surface area contributed by atoms with Crippen LogP contribution in [0.15, 0.2) is 11.0 Å². The van der Waals surface area contributed by atoms with Gasteiger partial charge in [-0.25, -0.2) is 8.42 Å². The van der Waals surface area contributed by atoms with Gasteiger partial charge in [0.2, 0.25) is 10.0 Å². The molecule has 0 amide bonds. The van der Waals surface area contributed by atoms with Gasteiger partial charge in [-0.3, -0.25) is 4.90 Å². The Kier molecular flexibility index (Phi) is 5.70. The number of rotatable bonds is 5. The second-order valence-corrected chi connectivity index (χ2v) is 8.91. The van der Waals surface area contributed by atoms with Crippen molar-refractivity contribution in [3.63, 3.8) is 0 Å². The van der Waals surface area contributed by atoms with E-state index in [0.717, 1.165) is 37.5 Å². The van der Waals surface area contributed by atoms with Crippen LogP contribution in [0, 0.1) is 0 Å². The summed E-state index contributed by atoms with van der Waals surface area (Å²) in [5.41, 5.74) is 0. The van der Waals surface area contributed by atoms with Crippen molar-refractivity contribution in [1.82, 2.24) is 14.5 Å². The maximum Gasteiger partial charge on any atom is 0.245 e. The minimum absolute atomic E-state index is 0.0944. The van der Waals surface area contributed by atoms with E-state index >= 15 is 0 Å². The molecule has 20 heavy (non-hydrogen) atoms. The lowest BCUT2D eigenvalue weighted by Gasteiger charge is -2.28. The molecule has 0 unspecified atom stereocenters. The van der Waals surface area contributed by atoms with Crippen LogP contribution in [0.5, 0.6) is 0 Å². The molecule has 0 bridgehead atoms. The molecule has 0 radical (unpaired) electrons. The third-order valence-corrected chi connectivity index (χ3v) is 6.86. The molecule has 0 saturated carbocycles. The van der Waals surface area contributed by atoms with Gasteiger partial charge >= 0.3 is 0 Å². The van der Waals surface area contributed by atoms with Gasteiger partial charge in [0.15, 0.2) is 0 Å².